The molecule has 0 unspecified atom stereocenters. The van der Waals surface area contributed by atoms with Gasteiger partial charge in [-0.3, -0.25) is 14.5 Å². The molecule has 1 aliphatic carbocycles. The van der Waals surface area contributed by atoms with E-state index in [4.69, 9.17) is 0 Å². The molecule has 3 aromatic rings. The number of carbonyl (C=O) groups excluding carboxylic acids is 3. The molecular formula is C24H23N3O3. The quantitative estimate of drug-likeness (QED) is 0.517. The lowest BCUT2D eigenvalue weighted by Gasteiger charge is -2.27. The number of nitrogens with one attached hydrogen (secondary N) is 2. The zero-order valence-corrected chi connectivity index (χ0v) is 16.8. The number of nitrogens with zero attached hydrogens (tertiary/aromatic N) is 1. The van der Waals surface area contributed by atoms with Gasteiger partial charge in [0.2, 0.25) is 0 Å². The van der Waals surface area contributed by atoms with Crippen LogP contribution in [0.4, 0.5) is 4.79 Å². The number of H-pyrrole nitrogens is 1. The van der Waals surface area contributed by atoms with Crippen LogP contribution in [0.5, 0.6) is 0 Å². The SMILES string of the molecule is Cc1[nH]c2ccccc2c1C(=O)CN1C(=O)N[C@]2(CCCCc3ccccc32)C1=O. The van der Waals surface area contributed by atoms with E-state index >= 15 is 0 Å². The highest BCUT2D eigenvalue weighted by Crippen LogP contribution is 2.39. The van der Waals surface area contributed by atoms with E-state index in [1.165, 1.54) is 0 Å². The van der Waals surface area contributed by atoms with E-state index in [-0.39, 0.29) is 18.2 Å². The summed E-state index contributed by atoms with van der Waals surface area (Å²) in [7, 11) is 0. The van der Waals surface area contributed by atoms with Gasteiger partial charge in [-0.2, -0.15) is 0 Å². The molecule has 1 spiro atoms. The summed E-state index contributed by atoms with van der Waals surface area (Å²) in [6.45, 7) is 1.57. The molecule has 152 valence electrons. The Morgan fingerprint density at radius 3 is 2.70 bits per heavy atom. The Labute approximate surface area is 174 Å². The van der Waals surface area contributed by atoms with Gasteiger partial charge in [0.25, 0.3) is 5.91 Å². The Hall–Kier alpha value is -3.41. The Morgan fingerprint density at radius 2 is 1.83 bits per heavy atom. The maximum atomic E-state index is 13.5. The molecule has 3 amide bonds. The highest BCUT2D eigenvalue weighted by molar-refractivity contribution is 6.15. The predicted molar refractivity (Wildman–Crippen MR) is 113 cm³/mol. The number of Topliss-reactive ketones (excluding diaryl/α,β-unsaturated/α-hetero) is 1. The standard InChI is InChI=1S/C24H23N3O3/c1-15-21(17-10-3-5-12-19(17)25-15)20(28)14-27-22(29)24(26-23(27)30)13-7-6-9-16-8-2-4-11-18(16)24/h2-5,8,10-12,25H,6-7,9,13-14H2,1H3,(H,26,30)/t24-/m0/s1. The number of benzene rings is 2. The van der Waals surface area contributed by atoms with Gasteiger partial charge in [0.15, 0.2) is 5.78 Å². The molecule has 1 atom stereocenters. The third-order valence-corrected chi connectivity index (χ3v) is 6.37. The van der Waals surface area contributed by atoms with Crippen molar-refractivity contribution >= 4 is 28.6 Å². The van der Waals surface area contributed by atoms with Crippen molar-refractivity contribution in [2.24, 2.45) is 0 Å². The molecule has 5 rings (SSSR count). The van der Waals surface area contributed by atoms with Gasteiger partial charge in [-0.15, -0.1) is 0 Å². The number of aryl methyl sites for hydroxylation is 2. The second-order valence-electron chi connectivity index (χ2n) is 8.18. The molecule has 1 saturated heterocycles. The average molecular weight is 401 g/mol. The largest absolute Gasteiger partial charge is 0.358 e. The number of carbonyl (C=O) groups is 3. The van der Waals surface area contributed by atoms with Crippen molar-refractivity contribution in [3.8, 4) is 0 Å². The number of imide groups is 1. The Morgan fingerprint density at radius 1 is 1.07 bits per heavy atom. The molecule has 2 heterocycles. The van der Waals surface area contributed by atoms with Crippen molar-refractivity contribution in [1.29, 1.82) is 0 Å². The molecule has 2 N–H and O–H groups in total. The van der Waals surface area contributed by atoms with Crippen LogP contribution in [0.25, 0.3) is 10.9 Å². The van der Waals surface area contributed by atoms with Gasteiger partial charge in [0.05, 0.1) is 6.54 Å². The molecule has 30 heavy (non-hydrogen) atoms. The molecule has 1 fully saturated rings. The van der Waals surface area contributed by atoms with Gasteiger partial charge in [-0.05, 0) is 49.8 Å². The highest BCUT2D eigenvalue weighted by atomic mass is 16.2. The second kappa shape index (κ2) is 6.83. The summed E-state index contributed by atoms with van der Waals surface area (Å²) in [5.74, 6) is -0.569. The van der Waals surface area contributed by atoms with Crippen LogP contribution in [0.3, 0.4) is 0 Å². The van der Waals surface area contributed by atoms with Crippen molar-refractivity contribution < 1.29 is 14.4 Å². The van der Waals surface area contributed by atoms with Gasteiger partial charge < -0.3 is 10.3 Å². The van der Waals surface area contributed by atoms with Crippen LogP contribution in [-0.4, -0.2) is 34.2 Å². The molecule has 0 bridgehead atoms. The maximum Gasteiger partial charge on any atom is 0.325 e. The van der Waals surface area contributed by atoms with Gasteiger partial charge >= 0.3 is 6.03 Å². The number of hydrogen-bond acceptors (Lipinski definition) is 3. The molecular weight excluding hydrogens is 378 g/mol. The molecule has 6 nitrogen and oxygen atoms in total. The molecule has 0 radical (unpaired) electrons. The van der Waals surface area contributed by atoms with Crippen LogP contribution in [-0.2, 0) is 16.8 Å². The average Bonchev–Trinajstić information content (AvgIpc) is 3.11. The van der Waals surface area contributed by atoms with Gasteiger partial charge in [-0.1, -0.05) is 42.5 Å². The molecule has 0 saturated carbocycles. The minimum Gasteiger partial charge on any atom is -0.358 e. The first kappa shape index (κ1) is 18.6. The fraction of sp³-hybridized carbons (Fsp3) is 0.292. The first-order valence-corrected chi connectivity index (χ1v) is 10.3. The van der Waals surface area contributed by atoms with Crippen LogP contribution in [0.2, 0.25) is 0 Å². The minimum absolute atomic E-state index is 0.243. The lowest BCUT2D eigenvalue weighted by atomic mass is 9.84. The summed E-state index contributed by atoms with van der Waals surface area (Å²) in [4.78, 5) is 43.9. The summed E-state index contributed by atoms with van der Waals surface area (Å²) >= 11 is 0. The number of amides is 3. The maximum absolute atomic E-state index is 13.5. The summed E-state index contributed by atoms with van der Waals surface area (Å²) in [5, 5.41) is 3.75. The van der Waals surface area contributed by atoms with E-state index in [2.05, 4.69) is 10.3 Å². The molecule has 6 heteroatoms. The third kappa shape index (κ3) is 2.67. The molecule has 2 aromatic carbocycles. The predicted octanol–water partition coefficient (Wildman–Crippen LogP) is 3.83. The smallest absolute Gasteiger partial charge is 0.325 e. The fourth-order valence-electron chi connectivity index (χ4n) is 4.98. The summed E-state index contributed by atoms with van der Waals surface area (Å²) < 4.78 is 0. The van der Waals surface area contributed by atoms with Crippen molar-refractivity contribution in [3.63, 3.8) is 0 Å². The Bertz CT molecular complexity index is 1200. The van der Waals surface area contributed by atoms with E-state index < -0.39 is 11.6 Å². The van der Waals surface area contributed by atoms with Crippen LogP contribution in [0.15, 0.2) is 48.5 Å². The van der Waals surface area contributed by atoms with Crippen LogP contribution >= 0.6 is 0 Å². The van der Waals surface area contributed by atoms with E-state index in [1.54, 1.807) is 0 Å². The number of aromatic amines is 1. The normalized spacial score (nSPS) is 21.0. The lowest BCUT2D eigenvalue weighted by molar-refractivity contribution is -0.131. The number of fused-ring (bicyclic) bond motifs is 3. The Balaban J connectivity index is 1.50. The topological polar surface area (TPSA) is 82.3 Å². The lowest BCUT2D eigenvalue weighted by Crippen LogP contribution is -2.44. The molecule has 1 aromatic heterocycles. The van der Waals surface area contributed by atoms with E-state index in [9.17, 15) is 14.4 Å². The van der Waals surface area contributed by atoms with Gasteiger partial charge in [0.1, 0.15) is 5.54 Å². The van der Waals surface area contributed by atoms with Crippen molar-refractivity contribution in [2.75, 3.05) is 6.54 Å². The Kier molecular flexibility index (Phi) is 4.24. The van der Waals surface area contributed by atoms with E-state index in [0.29, 0.717) is 12.0 Å². The fourth-order valence-corrected chi connectivity index (χ4v) is 4.98. The third-order valence-electron chi connectivity index (χ3n) is 6.37. The van der Waals surface area contributed by atoms with Crippen molar-refractivity contribution in [1.82, 2.24) is 15.2 Å². The number of aromatic nitrogens is 1. The number of hydrogen-bond donors (Lipinski definition) is 2. The first-order chi connectivity index (χ1) is 14.5. The zero-order chi connectivity index (χ0) is 20.9. The van der Waals surface area contributed by atoms with E-state index in [0.717, 1.165) is 51.9 Å². The van der Waals surface area contributed by atoms with Crippen LogP contribution in [0, 0.1) is 6.92 Å². The summed E-state index contributed by atoms with van der Waals surface area (Å²) in [6.07, 6.45) is 3.24. The molecule has 2 aliphatic rings. The number of rotatable bonds is 3. The van der Waals surface area contributed by atoms with Crippen molar-refractivity contribution in [3.05, 3.63) is 70.9 Å². The first-order valence-electron chi connectivity index (χ1n) is 10.3. The zero-order valence-electron chi connectivity index (χ0n) is 16.8. The number of ketones is 1. The van der Waals surface area contributed by atoms with Gasteiger partial charge in [-0.25, -0.2) is 4.79 Å². The summed E-state index contributed by atoms with van der Waals surface area (Å²) in [5.41, 5.74) is 3.02. The highest BCUT2D eigenvalue weighted by Gasteiger charge is 2.53. The summed E-state index contributed by atoms with van der Waals surface area (Å²) in [6, 6.07) is 14.9. The van der Waals surface area contributed by atoms with Crippen LogP contribution in [0.1, 0.15) is 46.4 Å². The van der Waals surface area contributed by atoms with Gasteiger partial charge in [0, 0.05) is 22.2 Å². The van der Waals surface area contributed by atoms with E-state index in [1.807, 2.05) is 55.5 Å². The minimum atomic E-state index is -1.07. The second-order valence-corrected chi connectivity index (χ2v) is 8.18. The number of para-hydroxylation sites is 1. The van der Waals surface area contributed by atoms with Crippen molar-refractivity contribution in [2.45, 2.75) is 38.1 Å². The number of urea groups is 1. The van der Waals surface area contributed by atoms with Crippen LogP contribution < -0.4 is 5.32 Å². The molecule has 1 aliphatic heterocycles. The monoisotopic (exact) mass is 401 g/mol.